The van der Waals surface area contributed by atoms with Gasteiger partial charge in [-0.2, -0.15) is 11.8 Å². The maximum Gasteiger partial charge on any atom is 0.326 e. The van der Waals surface area contributed by atoms with Crippen molar-refractivity contribution in [1.82, 2.24) is 5.32 Å². The Morgan fingerprint density at radius 2 is 2.14 bits per heavy atom. The lowest BCUT2D eigenvalue weighted by Gasteiger charge is -2.15. The number of hydrogen-bond donors (Lipinski definition) is 2. The van der Waals surface area contributed by atoms with E-state index in [4.69, 9.17) is 9.84 Å². The summed E-state index contributed by atoms with van der Waals surface area (Å²) < 4.78 is 5.22. The fraction of sp³-hybridized carbons (Fsp3) is 0.467. The van der Waals surface area contributed by atoms with E-state index in [2.05, 4.69) is 5.32 Å². The van der Waals surface area contributed by atoms with E-state index in [1.165, 1.54) is 0 Å². The van der Waals surface area contributed by atoms with Gasteiger partial charge in [0.05, 0.1) is 13.5 Å². The highest BCUT2D eigenvalue weighted by atomic mass is 32.2. The Hall–Kier alpha value is -1.69. The van der Waals surface area contributed by atoms with Gasteiger partial charge in [0.25, 0.3) is 0 Å². The van der Waals surface area contributed by atoms with Gasteiger partial charge in [0.1, 0.15) is 11.8 Å². The molecule has 1 atom stereocenters. The van der Waals surface area contributed by atoms with Gasteiger partial charge < -0.3 is 15.2 Å². The molecule has 0 saturated heterocycles. The third-order valence-corrected chi connectivity index (χ3v) is 3.67. The fourth-order valence-corrected chi connectivity index (χ4v) is 2.43. The van der Waals surface area contributed by atoms with Gasteiger partial charge >= 0.3 is 5.97 Å². The Balaban J connectivity index is 2.71. The maximum absolute atomic E-state index is 12.0. The van der Waals surface area contributed by atoms with E-state index < -0.39 is 12.0 Å². The number of amides is 1. The lowest BCUT2D eigenvalue weighted by Crippen LogP contribution is -2.41. The molecule has 1 rings (SSSR count). The molecule has 0 aromatic heterocycles. The van der Waals surface area contributed by atoms with Gasteiger partial charge in [-0.15, -0.1) is 0 Å². The average molecular weight is 311 g/mol. The molecular formula is C15H21NO4S. The lowest BCUT2D eigenvalue weighted by molar-refractivity contribution is -0.141. The summed E-state index contributed by atoms with van der Waals surface area (Å²) in [6.45, 7) is 1.93. The summed E-state index contributed by atoms with van der Waals surface area (Å²) in [6, 6.07) is 4.73. The molecule has 0 saturated carbocycles. The minimum Gasteiger partial charge on any atom is -0.496 e. The number of thioether (sulfide) groups is 1. The third kappa shape index (κ3) is 5.67. The van der Waals surface area contributed by atoms with Crippen molar-refractivity contribution in [2.45, 2.75) is 25.8 Å². The first-order valence-electron chi connectivity index (χ1n) is 6.62. The number of rotatable bonds is 8. The standard InChI is InChI=1S/C15H21NO4S/c1-10-4-5-13(20-2)11(8-10)9-14(17)16-12(15(18)19)6-7-21-3/h4-5,8,12H,6-7,9H2,1-3H3,(H,16,17)(H,18,19). The van der Waals surface area contributed by atoms with Crippen molar-refractivity contribution in [1.29, 1.82) is 0 Å². The molecule has 2 N–H and O–H groups in total. The van der Waals surface area contributed by atoms with Crippen LogP contribution in [0.3, 0.4) is 0 Å². The van der Waals surface area contributed by atoms with Crippen molar-refractivity contribution >= 4 is 23.6 Å². The molecule has 0 aliphatic carbocycles. The number of aryl methyl sites for hydroxylation is 1. The van der Waals surface area contributed by atoms with Crippen molar-refractivity contribution in [2.75, 3.05) is 19.1 Å². The molecule has 6 heteroatoms. The van der Waals surface area contributed by atoms with Gasteiger partial charge in [0, 0.05) is 5.56 Å². The van der Waals surface area contributed by atoms with Crippen molar-refractivity contribution in [3.8, 4) is 5.75 Å². The van der Waals surface area contributed by atoms with E-state index in [9.17, 15) is 9.59 Å². The van der Waals surface area contributed by atoms with Gasteiger partial charge in [-0.3, -0.25) is 4.79 Å². The zero-order valence-corrected chi connectivity index (χ0v) is 13.3. The number of aliphatic carboxylic acids is 1. The molecule has 0 aliphatic rings. The monoisotopic (exact) mass is 311 g/mol. The van der Waals surface area contributed by atoms with Crippen molar-refractivity contribution in [3.05, 3.63) is 29.3 Å². The second-order valence-electron chi connectivity index (χ2n) is 4.73. The summed E-state index contributed by atoms with van der Waals surface area (Å²) in [5.41, 5.74) is 1.78. The van der Waals surface area contributed by atoms with Gasteiger partial charge in [-0.05, 0) is 31.4 Å². The first-order valence-corrected chi connectivity index (χ1v) is 8.02. The van der Waals surface area contributed by atoms with Gasteiger partial charge in [-0.1, -0.05) is 17.7 Å². The first kappa shape index (κ1) is 17.4. The predicted molar refractivity (Wildman–Crippen MR) is 84.0 cm³/mol. The summed E-state index contributed by atoms with van der Waals surface area (Å²) >= 11 is 1.55. The van der Waals surface area contributed by atoms with Crippen LogP contribution in [0, 0.1) is 6.92 Å². The molecule has 5 nitrogen and oxygen atoms in total. The Morgan fingerprint density at radius 3 is 2.71 bits per heavy atom. The second kappa shape index (κ2) is 8.56. The van der Waals surface area contributed by atoms with Crippen LogP contribution >= 0.6 is 11.8 Å². The number of carboxylic acid groups (broad SMARTS) is 1. The van der Waals surface area contributed by atoms with Crippen LogP contribution in [0.1, 0.15) is 17.5 Å². The molecule has 21 heavy (non-hydrogen) atoms. The number of ether oxygens (including phenoxy) is 1. The normalized spacial score (nSPS) is 11.8. The summed E-state index contributed by atoms with van der Waals surface area (Å²) in [5, 5.41) is 11.7. The van der Waals surface area contributed by atoms with Crippen LogP contribution in [0.2, 0.25) is 0 Å². The van der Waals surface area contributed by atoms with Gasteiger partial charge in [0.15, 0.2) is 0 Å². The number of methoxy groups -OCH3 is 1. The van der Waals surface area contributed by atoms with Crippen LogP contribution in [-0.4, -0.2) is 42.1 Å². The van der Waals surface area contributed by atoms with Crippen LogP contribution in [0.5, 0.6) is 5.75 Å². The third-order valence-electron chi connectivity index (χ3n) is 3.03. The van der Waals surface area contributed by atoms with Crippen molar-refractivity contribution in [3.63, 3.8) is 0 Å². The highest BCUT2D eigenvalue weighted by Crippen LogP contribution is 2.20. The minimum absolute atomic E-state index is 0.105. The Kier molecular flexibility index (Phi) is 7.08. The summed E-state index contributed by atoms with van der Waals surface area (Å²) in [6.07, 6.45) is 2.42. The van der Waals surface area contributed by atoms with E-state index >= 15 is 0 Å². The van der Waals surface area contributed by atoms with Crippen LogP contribution in [0.25, 0.3) is 0 Å². The molecule has 1 amide bonds. The maximum atomic E-state index is 12.0. The SMILES string of the molecule is COc1ccc(C)cc1CC(=O)NC(CCSC)C(=O)O. The van der Waals surface area contributed by atoms with Crippen LogP contribution in [-0.2, 0) is 16.0 Å². The Morgan fingerprint density at radius 1 is 1.43 bits per heavy atom. The number of carbonyl (C=O) groups excluding carboxylic acids is 1. The number of hydrogen-bond acceptors (Lipinski definition) is 4. The van der Waals surface area contributed by atoms with E-state index in [1.54, 1.807) is 24.9 Å². The first-order chi connectivity index (χ1) is 9.97. The number of carboxylic acids is 1. The molecule has 1 unspecified atom stereocenters. The lowest BCUT2D eigenvalue weighted by atomic mass is 10.1. The van der Waals surface area contributed by atoms with Crippen molar-refractivity contribution in [2.24, 2.45) is 0 Å². The van der Waals surface area contributed by atoms with Crippen LogP contribution in [0.4, 0.5) is 0 Å². The minimum atomic E-state index is -1.01. The molecule has 0 radical (unpaired) electrons. The van der Waals surface area contributed by atoms with E-state index in [0.29, 0.717) is 17.9 Å². The summed E-state index contributed by atoms with van der Waals surface area (Å²) in [5.74, 6) is -0.00174. The van der Waals surface area contributed by atoms with Crippen LogP contribution in [0.15, 0.2) is 18.2 Å². The smallest absolute Gasteiger partial charge is 0.326 e. The highest BCUT2D eigenvalue weighted by molar-refractivity contribution is 7.98. The van der Waals surface area contributed by atoms with Crippen molar-refractivity contribution < 1.29 is 19.4 Å². The van der Waals surface area contributed by atoms with Crippen LogP contribution < -0.4 is 10.1 Å². The predicted octanol–water partition coefficient (Wildman–Crippen LogP) is 1.87. The molecule has 0 heterocycles. The van der Waals surface area contributed by atoms with Gasteiger partial charge in [-0.25, -0.2) is 4.79 Å². The summed E-state index contributed by atoms with van der Waals surface area (Å²) in [4.78, 5) is 23.2. The molecule has 1 aromatic rings. The Bertz CT molecular complexity index is 504. The Labute approximate surface area is 129 Å². The number of benzene rings is 1. The largest absolute Gasteiger partial charge is 0.496 e. The molecule has 0 aliphatic heterocycles. The molecule has 116 valence electrons. The zero-order valence-electron chi connectivity index (χ0n) is 12.5. The molecule has 0 fully saturated rings. The summed E-state index contributed by atoms with van der Waals surface area (Å²) in [7, 11) is 1.55. The van der Waals surface area contributed by atoms with E-state index in [0.717, 1.165) is 11.1 Å². The molecule has 0 spiro atoms. The zero-order chi connectivity index (χ0) is 15.8. The fourth-order valence-electron chi connectivity index (χ4n) is 1.96. The quantitative estimate of drug-likeness (QED) is 0.766. The molecule has 0 bridgehead atoms. The average Bonchev–Trinajstić information content (AvgIpc) is 2.43. The number of nitrogens with one attached hydrogen (secondary N) is 1. The van der Waals surface area contributed by atoms with E-state index in [1.807, 2.05) is 25.3 Å². The molecular weight excluding hydrogens is 290 g/mol. The van der Waals surface area contributed by atoms with Gasteiger partial charge in [0.2, 0.25) is 5.91 Å². The molecule has 1 aromatic carbocycles. The number of carbonyl (C=O) groups is 2. The highest BCUT2D eigenvalue weighted by Gasteiger charge is 2.20. The van der Waals surface area contributed by atoms with E-state index in [-0.39, 0.29) is 12.3 Å². The topological polar surface area (TPSA) is 75.6 Å². The second-order valence-corrected chi connectivity index (χ2v) is 5.72.